The lowest BCUT2D eigenvalue weighted by Crippen LogP contribution is -2.62. The molecule has 2 aromatic rings. The summed E-state index contributed by atoms with van der Waals surface area (Å²) in [6.07, 6.45) is -1.53. The number of amides is 15. The molecule has 0 radical (unpaired) electrons. The summed E-state index contributed by atoms with van der Waals surface area (Å²) in [5.41, 5.74) is 40.1. The molecule has 33 N–H and O–H groups in total. The predicted octanol–water partition coefficient (Wildman–Crippen LogP) is -3.75. The number of aromatic hydroxyl groups is 2. The number of aliphatic carboxylic acids is 1. The summed E-state index contributed by atoms with van der Waals surface area (Å²) < 4.78 is 0. The lowest BCUT2D eigenvalue weighted by Gasteiger charge is -2.31. The van der Waals surface area contributed by atoms with Gasteiger partial charge in [0.1, 0.15) is 102 Å². The van der Waals surface area contributed by atoms with Gasteiger partial charge in [-0.3, -0.25) is 81.9 Å². The van der Waals surface area contributed by atoms with E-state index < -0.39 is 222 Å². The maximum atomic E-state index is 14.9. The van der Waals surface area contributed by atoms with Crippen molar-refractivity contribution in [2.75, 3.05) is 26.2 Å². The number of nitrogens with two attached hydrogens (primary N) is 7. The van der Waals surface area contributed by atoms with Crippen molar-refractivity contribution >= 4 is 106 Å². The lowest BCUT2D eigenvalue weighted by molar-refractivity contribution is -0.142. The molecule has 0 spiro atoms. The zero-order chi connectivity index (χ0) is 99.2. The van der Waals surface area contributed by atoms with Gasteiger partial charge in [0, 0.05) is 32.4 Å². The Morgan fingerprint density at radius 3 is 1.00 bits per heavy atom. The molecule has 0 bridgehead atoms. The zero-order valence-electron chi connectivity index (χ0n) is 77.9. The van der Waals surface area contributed by atoms with Gasteiger partial charge in [-0.2, -0.15) is 0 Å². The van der Waals surface area contributed by atoms with Crippen molar-refractivity contribution in [1.82, 2.24) is 74.4 Å². The fourth-order valence-corrected chi connectivity index (χ4v) is 13.5. The van der Waals surface area contributed by atoms with E-state index in [4.69, 9.17) is 40.1 Å². The molecule has 0 saturated heterocycles. The molecule has 0 aliphatic carbocycles. The Labute approximate surface area is 765 Å². The van der Waals surface area contributed by atoms with Crippen LogP contribution in [0.1, 0.15) is 204 Å². The van der Waals surface area contributed by atoms with Gasteiger partial charge < -0.3 is 140 Å². The van der Waals surface area contributed by atoms with Gasteiger partial charge in [-0.25, -0.2) is 4.79 Å². The monoisotopic (exact) mass is 1850 g/mol. The second kappa shape index (κ2) is 59.3. The molecular formula is C87H147N23O21. The summed E-state index contributed by atoms with van der Waals surface area (Å²) in [4.78, 5) is 234. The highest BCUT2D eigenvalue weighted by Gasteiger charge is 2.41. The molecule has 131 heavy (non-hydrogen) atoms. The number of hydrogen-bond acceptors (Lipinski definition) is 24. The van der Waals surface area contributed by atoms with Crippen LogP contribution in [0.4, 0.5) is 0 Å². The largest absolute Gasteiger partial charge is 0.508 e. The summed E-state index contributed by atoms with van der Waals surface area (Å²) in [7, 11) is 0. The standard InChI is InChI=1S/C87H147N23O21/c1-15-47(10)68(82(127)100-56(22-18-19-35-88)72(117)103-61(39-45(6)7)77(122)104-64(42-53-27-31-55(114)32-28-53)79(124)105-63(41-52-25-29-54(113)30-26-52)78(123)101-59(85(130)131)24-21-37-96-87(93)94)109-74(119)57(23-20-36-95-86(91)92)98-80(125)65(43-111)107-83(128)69(48(11)16-2)110-84(129)70(49(12)17-3)108-71(116)50(13)97-75(120)60(38-44(4)5)102-73(118)58(33-34-66(89)115)99-76(121)62(40-46(8)9)106-81(126)67(90)51(14)112/h25-32,44-51,56-65,67-70,111-114H,15-24,33-43,88,90H2,1-14H3,(H2,89,115)(H,97,120)(H,98,125)(H,99,121)(H,100,127)(H,101,123)(H,102,118)(H,103,117)(H,104,122)(H,105,124)(H,106,126)(H,107,128)(H,108,116)(H,109,119)(H,110,129)(H,130,131)(H4,91,92,95)(H4,93,94,96)/t47-,48-,49-,50-,51+,56-,57-,58-,59-,60-,61-,62-,63-,64-,65-,67-,68-,69-,70-/m0/s1. The maximum Gasteiger partial charge on any atom is 0.326 e. The van der Waals surface area contributed by atoms with Crippen LogP contribution >= 0.6 is 0 Å². The Morgan fingerprint density at radius 2 is 0.641 bits per heavy atom. The van der Waals surface area contributed by atoms with Crippen LogP contribution < -0.4 is 115 Å². The number of unbranched alkanes of at least 4 members (excludes halogenated alkanes) is 1. The number of aliphatic hydroxyl groups is 2. The van der Waals surface area contributed by atoms with Gasteiger partial charge in [-0.15, -0.1) is 0 Å². The van der Waals surface area contributed by atoms with E-state index in [1.165, 1.54) is 62.4 Å². The van der Waals surface area contributed by atoms with E-state index in [1.54, 1.807) is 83.1 Å². The highest BCUT2D eigenvalue weighted by Crippen LogP contribution is 2.20. The average molecular weight is 1850 g/mol. The minimum atomic E-state index is -1.83. The number of carbonyl (C=O) groups is 16. The SMILES string of the molecule is CC[C@H](C)[C@H](NC(=O)[C@H](C)NC(=O)[C@H](CC(C)C)NC(=O)[C@H](CCC(N)=O)NC(=O)[C@H](CC(C)C)NC(=O)[C@@H](N)[C@@H](C)O)C(=O)N[C@H](C(=O)N[C@@H](CO)C(=O)N[C@@H](CCCN=C(N)N)C(=O)N[C@H](C(=O)N[C@@H](CCCCN)C(=O)N[C@@H](CC(C)C)C(=O)N[C@@H](Cc1ccc(O)cc1)C(=O)N[C@@H](Cc1ccc(O)cc1)C(=O)N[C@@H](CCCN=C(N)N)C(=O)O)[C@@H](C)CC)[C@@H](C)CC. The van der Waals surface area contributed by atoms with Gasteiger partial charge in [-0.1, -0.05) is 127 Å². The average Bonchev–Trinajstić information content (AvgIpc) is 0.845. The molecule has 0 aromatic heterocycles. The highest BCUT2D eigenvalue weighted by molar-refractivity contribution is 6.01. The lowest BCUT2D eigenvalue weighted by atomic mass is 9.94. The molecule has 0 fully saturated rings. The number of carboxylic acids is 1. The van der Waals surface area contributed by atoms with Gasteiger partial charge >= 0.3 is 5.97 Å². The van der Waals surface area contributed by atoms with Gasteiger partial charge in [0.25, 0.3) is 0 Å². The van der Waals surface area contributed by atoms with Crippen molar-refractivity contribution in [3.05, 3.63) is 59.7 Å². The quantitative estimate of drug-likeness (QED) is 0.0172. The molecule has 0 unspecified atom stereocenters. The van der Waals surface area contributed by atoms with E-state index in [2.05, 4.69) is 84.4 Å². The van der Waals surface area contributed by atoms with Crippen LogP contribution in [0.25, 0.3) is 0 Å². The van der Waals surface area contributed by atoms with E-state index in [0.717, 1.165) is 0 Å². The third-order valence-corrected chi connectivity index (χ3v) is 21.8. The first kappa shape index (κ1) is 115. The number of aliphatic hydroxyl groups excluding tert-OH is 2. The molecule has 0 saturated carbocycles. The van der Waals surface area contributed by atoms with Crippen molar-refractivity contribution in [3.8, 4) is 11.5 Å². The summed E-state index contributed by atoms with van der Waals surface area (Å²) in [5, 5.41) is 87.8. The van der Waals surface area contributed by atoms with Crippen LogP contribution in [0.2, 0.25) is 0 Å². The number of carbonyl (C=O) groups excluding carboxylic acids is 15. The van der Waals surface area contributed by atoms with Gasteiger partial charge in [0.05, 0.1) is 12.7 Å². The number of hydrogen-bond donors (Lipinski definition) is 26. The molecule has 44 nitrogen and oxygen atoms in total. The van der Waals surface area contributed by atoms with Crippen molar-refractivity contribution in [3.63, 3.8) is 0 Å². The summed E-state index contributed by atoms with van der Waals surface area (Å²) >= 11 is 0. The second-order valence-corrected chi connectivity index (χ2v) is 34.6. The summed E-state index contributed by atoms with van der Waals surface area (Å²) in [6, 6.07) is -10.9. The minimum Gasteiger partial charge on any atom is -0.508 e. The Morgan fingerprint density at radius 1 is 0.351 bits per heavy atom. The normalized spacial score (nSPS) is 15.6. The third kappa shape index (κ3) is 43.0. The number of phenols is 2. The Balaban J connectivity index is 2.57. The van der Waals surface area contributed by atoms with Crippen molar-refractivity contribution in [2.24, 2.45) is 85.6 Å². The number of aliphatic imine (C=N–C) groups is 2. The van der Waals surface area contributed by atoms with Crippen LogP contribution in [0.5, 0.6) is 11.5 Å². The first-order valence-electron chi connectivity index (χ1n) is 44.7. The van der Waals surface area contributed by atoms with E-state index in [0.29, 0.717) is 17.5 Å². The molecule has 44 heteroatoms. The molecular weight excluding hydrogens is 1700 g/mol. The third-order valence-electron chi connectivity index (χ3n) is 21.8. The van der Waals surface area contributed by atoms with Crippen LogP contribution in [-0.2, 0) is 89.6 Å². The Bertz CT molecular complexity index is 4110. The second-order valence-electron chi connectivity index (χ2n) is 34.6. The van der Waals surface area contributed by atoms with E-state index >= 15 is 0 Å². The first-order valence-corrected chi connectivity index (χ1v) is 44.7. The van der Waals surface area contributed by atoms with Crippen LogP contribution in [0.3, 0.4) is 0 Å². The highest BCUT2D eigenvalue weighted by atomic mass is 16.4. The van der Waals surface area contributed by atoms with Gasteiger partial charge in [0.15, 0.2) is 11.9 Å². The maximum absolute atomic E-state index is 14.9. The number of primary amides is 1. The number of carboxylic acid groups (broad SMARTS) is 1. The fraction of sp³-hybridized carbons (Fsp3) is 0.655. The first-order chi connectivity index (χ1) is 61.5. The molecule has 0 aliphatic heterocycles. The number of guanidine groups is 2. The van der Waals surface area contributed by atoms with Gasteiger partial charge in [0.2, 0.25) is 88.6 Å². The van der Waals surface area contributed by atoms with Crippen LogP contribution in [0.15, 0.2) is 58.5 Å². The number of phenolic OH excluding ortho intramolecular Hbond substituents is 2. The molecule has 736 valence electrons. The number of benzene rings is 2. The number of rotatable bonds is 62. The Hall–Kier alpha value is -12.1. The van der Waals surface area contributed by atoms with Crippen LogP contribution in [-0.4, -0.2) is 255 Å². The van der Waals surface area contributed by atoms with Crippen molar-refractivity contribution in [2.45, 2.75) is 303 Å². The van der Waals surface area contributed by atoms with E-state index in [-0.39, 0.29) is 157 Å². The molecule has 2 rings (SSSR count). The van der Waals surface area contributed by atoms with Crippen LogP contribution in [0, 0.1) is 35.5 Å². The topological polar surface area (TPSA) is 750 Å². The number of nitrogens with zero attached hydrogens (tertiary/aromatic N) is 2. The minimum absolute atomic E-state index is 0.0115. The predicted molar refractivity (Wildman–Crippen MR) is 489 cm³/mol. The molecule has 19 atom stereocenters. The van der Waals surface area contributed by atoms with E-state index in [1.807, 2.05) is 0 Å². The zero-order valence-corrected chi connectivity index (χ0v) is 77.9. The van der Waals surface area contributed by atoms with Crippen molar-refractivity contribution in [1.29, 1.82) is 0 Å². The smallest absolute Gasteiger partial charge is 0.326 e. The van der Waals surface area contributed by atoms with Crippen molar-refractivity contribution < 1.29 is 102 Å². The molecule has 0 aliphatic rings. The molecule has 0 heterocycles. The number of nitrogens with one attached hydrogen (secondary N) is 14. The van der Waals surface area contributed by atoms with Gasteiger partial charge in [-0.05, 0) is 162 Å². The summed E-state index contributed by atoms with van der Waals surface area (Å²) in [5.74, 6) is -18.8. The van der Waals surface area contributed by atoms with E-state index in [9.17, 15) is 102 Å². The summed E-state index contributed by atoms with van der Waals surface area (Å²) in [6.45, 7) is 22.1. The molecule has 2 aromatic carbocycles. The Kier molecular flexibility index (Phi) is 52.0. The fourth-order valence-electron chi connectivity index (χ4n) is 13.5. The molecule has 15 amide bonds.